The minimum atomic E-state index is -0.175. The first-order chi connectivity index (χ1) is 21.4. The highest BCUT2D eigenvalue weighted by atomic mass is 35.5. The Kier molecular flexibility index (Phi) is 8.58. The van der Waals surface area contributed by atoms with E-state index >= 15 is 0 Å². The molecule has 0 radical (unpaired) electrons. The fraction of sp³-hybridized carbons (Fsp3) is 0.267. The molecular weight excluding hydrogens is 607 g/mol. The monoisotopic (exact) mass is 634 g/mol. The Bertz CT molecular complexity index is 1660. The van der Waals surface area contributed by atoms with E-state index < -0.39 is 0 Å². The van der Waals surface area contributed by atoms with Crippen molar-refractivity contribution in [3.63, 3.8) is 0 Å². The fourth-order valence-electron chi connectivity index (χ4n) is 4.95. The zero-order valence-corrected chi connectivity index (χ0v) is 25.3. The number of hydrogen-bond acceptors (Lipinski definition) is 12. The number of methoxy groups -OCH3 is 2. The molecule has 0 saturated heterocycles. The number of aliphatic hydroxyl groups excluding tert-OH is 2. The summed E-state index contributed by atoms with van der Waals surface area (Å²) < 4.78 is 11.1. The smallest absolute Gasteiger partial charge is 0.244 e. The summed E-state index contributed by atoms with van der Waals surface area (Å²) in [5.41, 5.74) is 4.53. The molecule has 2 aliphatic rings. The molecule has 14 heteroatoms. The van der Waals surface area contributed by atoms with Gasteiger partial charge in [0.1, 0.15) is 0 Å². The highest BCUT2D eigenvalue weighted by Gasteiger charge is 2.25. The van der Waals surface area contributed by atoms with Crippen LogP contribution in [0.2, 0.25) is 10.0 Å². The van der Waals surface area contributed by atoms with Crippen molar-refractivity contribution in [2.24, 2.45) is 9.98 Å². The van der Waals surface area contributed by atoms with Crippen LogP contribution in [0.4, 0.5) is 0 Å². The van der Waals surface area contributed by atoms with Gasteiger partial charge < -0.3 is 30.3 Å². The van der Waals surface area contributed by atoms with E-state index in [2.05, 4.69) is 40.6 Å². The van der Waals surface area contributed by atoms with Crippen LogP contribution in [-0.2, 0) is 0 Å². The predicted molar refractivity (Wildman–Crippen MR) is 168 cm³/mol. The number of nitrogens with zero attached hydrogens (tertiary/aromatic N) is 6. The normalized spacial score (nSPS) is 17.5. The summed E-state index contributed by atoms with van der Waals surface area (Å²) in [6.45, 7) is 0.785. The van der Waals surface area contributed by atoms with Crippen LogP contribution >= 0.6 is 23.2 Å². The van der Waals surface area contributed by atoms with Crippen LogP contribution in [0, 0.1) is 0 Å². The van der Waals surface area contributed by atoms with Crippen molar-refractivity contribution in [2.45, 2.75) is 12.1 Å². The summed E-state index contributed by atoms with van der Waals surface area (Å²) in [7, 11) is 3.02. The molecule has 0 aliphatic carbocycles. The Labute approximate surface area is 262 Å². The largest absolute Gasteiger partial charge is 0.479 e. The fourth-order valence-corrected chi connectivity index (χ4v) is 5.60. The predicted octanol–water partition coefficient (Wildman–Crippen LogP) is 3.01. The third-order valence-electron chi connectivity index (χ3n) is 7.22. The number of ether oxygens (including phenoxy) is 2. The number of amidine groups is 2. The number of benzene rings is 2. The number of aliphatic imine (C=N–C) groups is 2. The van der Waals surface area contributed by atoms with Gasteiger partial charge in [-0.25, -0.2) is 19.9 Å². The molecule has 2 aromatic carbocycles. The molecule has 0 unspecified atom stereocenters. The van der Waals surface area contributed by atoms with Crippen molar-refractivity contribution in [3.8, 4) is 45.4 Å². The SMILES string of the molecule is COc1nc(-c2cccc(-c3cccc(-c4cnc(C5=NC[C@H](CO)N5)c(OC)n4)c3Cl)c2Cl)cnc1C1=NC[C@H](CO)N1. The summed E-state index contributed by atoms with van der Waals surface area (Å²) in [5, 5.41) is 26.0. The highest BCUT2D eigenvalue weighted by molar-refractivity contribution is 6.39. The Morgan fingerprint density at radius 3 is 1.48 bits per heavy atom. The number of aliphatic hydroxyl groups is 2. The second-order valence-corrected chi connectivity index (χ2v) is 10.7. The lowest BCUT2D eigenvalue weighted by Gasteiger charge is -2.15. The van der Waals surface area contributed by atoms with E-state index in [0.29, 0.717) is 79.8 Å². The van der Waals surface area contributed by atoms with Gasteiger partial charge in [-0.1, -0.05) is 59.6 Å². The third kappa shape index (κ3) is 5.52. The van der Waals surface area contributed by atoms with E-state index in [4.69, 9.17) is 32.7 Å². The lowest BCUT2D eigenvalue weighted by atomic mass is 9.98. The van der Waals surface area contributed by atoms with Crippen molar-refractivity contribution < 1.29 is 19.7 Å². The van der Waals surface area contributed by atoms with Crippen LogP contribution in [0.1, 0.15) is 11.4 Å². The molecule has 226 valence electrons. The Hall–Kier alpha value is -4.36. The van der Waals surface area contributed by atoms with Crippen molar-refractivity contribution in [1.29, 1.82) is 0 Å². The van der Waals surface area contributed by atoms with Crippen LogP contribution in [0.3, 0.4) is 0 Å². The Morgan fingerprint density at radius 2 is 1.11 bits per heavy atom. The summed E-state index contributed by atoms with van der Waals surface area (Å²) in [4.78, 5) is 27.3. The molecule has 2 atom stereocenters. The van der Waals surface area contributed by atoms with Gasteiger partial charge in [0.05, 0.1) is 86.4 Å². The molecule has 4 heterocycles. The van der Waals surface area contributed by atoms with Gasteiger partial charge in [-0.15, -0.1) is 0 Å². The lowest BCUT2D eigenvalue weighted by molar-refractivity contribution is 0.263. The van der Waals surface area contributed by atoms with Gasteiger partial charge in [0.25, 0.3) is 0 Å². The van der Waals surface area contributed by atoms with Crippen LogP contribution in [0.15, 0.2) is 58.8 Å². The zero-order chi connectivity index (χ0) is 30.8. The summed E-state index contributed by atoms with van der Waals surface area (Å²) in [5.74, 6) is 1.57. The number of rotatable bonds is 9. The van der Waals surface area contributed by atoms with Crippen molar-refractivity contribution >= 4 is 34.9 Å². The molecule has 4 aromatic rings. The molecule has 0 spiro atoms. The third-order valence-corrected chi connectivity index (χ3v) is 8.03. The van der Waals surface area contributed by atoms with Crippen LogP contribution < -0.4 is 20.1 Å². The maximum atomic E-state index is 9.44. The van der Waals surface area contributed by atoms with Gasteiger partial charge in [-0.3, -0.25) is 9.98 Å². The van der Waals surface area contributed by atoms with E-state index in [-0.39, 0.29) is 37.1 Å². The second-order valence-electron chi connectivity index (χ2n) is 9.99. The first-order valence-corrected chi connectivity index (χ1v) is 14.5. The summed E-state index contributed by atoms with van der Waals surface area (Å²) in [6, 6.07) is 10.8. The first kappa shape index (κ1) is 29.7. The summed E-state index contributed by atoms with van der Waals surface area (Å²) >= 11 is 14.0. The highest BCUT2D eigenvalue weighted by Crippen LogP contribution is 2.42. The average molecular weight is 636 g/mol. The summed E-state index contributed by atoms with van der Waals surface area (Å²) in [6.07, 6.45) is 3.21. The maximum absolute atomic E-state index is 9.44. The van der Waals surface area contributed by atoms with E-state index in [1.807, 2.05) is 36.4 Å². The first-order valence-electron chi connectivity index (χ1n) is 13.7. The van der Waals surface area contributed by atoms with Gasteiger partial charge in [0.2, 0.25) is 11.8 Å². The molecule has 0 bridgehead atoms. The molecule has 0 fully saturated rings. The molecule has 2 aromatic heterocycles. The number of nitrogens with one attached hydrogen (secondary N) is 2. The minimum absolute atomic E-state index is 0.0442. The zero-order valence-electron chi connectivity index (χ0n) is 23.8. The van der Waals surface area contributed by atoms with Crippen LogP contribution in [-0.4, -0.2) is 94.4 Å². The molecule has 4 N–H and O–H groups in total. The Morgan fingerprint density at radius 1 is 0.705 bits per heavy atom. The van der Waals surface area contributed by atoms with Crippen molar-refractivity contribution in [3.05, 3.63) is 70.2 Å². The van der Waals surface area contributed by atoms with E-state index in [0.717, 1.165) is 0 Å². The quantitative estimate of drug-likeness (QED) is 0.215. The van der Waals surface area contributed by atoms with Crippen molar-refractivity contribution in [1.82, 2.24) is 30.6 Å². The van der Waals surface area contributed by atoms with Crippen LogP contribution in [0.25, 0.3) is 33.6 Å². The second kappa shape index (κ2) is 12.7. The molecule has 6 rings (SSSR count). The molecule has 2 aliphatic heterocycles. The van der Waals surface area contributed by atoms with Gasteiger partial charge >= 0.3 is 0 Å². The molecule has 12 nitrogen and oxygen atoms in total. The van der Waals surface area contributed by atoms with Gasteiger partial charge in [-0.2, -0.15) is 0 Å². The maximum Gasteiger partial charge on any atom is 0.244 e. The lowest BCUT2D eigenvalue weighted by Crippen LogP contribution is -2.34. The standard InChI is InChI=1S/C30H28Cl2N8O4/c1-43-29-25(27-35-9-15(13-41)37-27)33-11-21(39-29)19-7-3-5-17(23(19)31)18-6-4-8-20(24(18)32)22-12-34-26(30(40-22)44-2)28-36-10-16(14-42)38-28/h3-8,11-12,15-16,41-42H,9-10,13-14H2,1-2H3,(H,35,37)(H,36,38)/t15-,16-/m1/s1. The molecule has 0 amide bonds. The van der Waals surface area contributed by atoms with E-state index in [9.17, 15) is 10.2 Å². The van der Waals surface area contributed by atoms with E-state index in [1.165, 1.54) is 14.2 Å². The minimum Gasteiger partial charge on any atom is -0.479 e. The van der Waals surface area contributed by atoms with Crippen molar-refractivity contribution in [2.75, 3.05) is 40.5 Å². The molecular formula is C30H28Cl2N8O4. The number of halogens is 2. The van der Waals surface area contributed by atoms with Crippen LogP contribution in [0.5, 0.6) is 11.8 Å². The van der Waals surface area contributed by atoms with Gasteiger partial charge in [0.15, 0.2) is 23.1 Å². The number of hydrogen-bond donors (Lipinski definition) is 4. The van der Waals surface area contributed by atoms with Gasteiger partial charge in [-0.05, 0) is 0 Å². The molecule has 0 saturated carbocycles. The average Bonchev–Trinajstić information content (AvgIpc) is 3.75. The molecule has 44 heavy (non-hydrogen) atoms. The van der Waals surface area contributed by atoms with Gasteiger partial charge in [0, 0.05) is 22.3 Å². The topological polar surface area (TPSA) is 159 Å². The Balaban J connectivity index is 1.34. The number of aromatic nitrogens is 4. The van der Waals surface area contributed by atoms with E-state index in [1.54, 1.807) is 12.4 Å².